The largest absolute Gasteiger partial charge is 0.319 e. The SMILES string of the molecule is O=C(Nc1ccc(F)cc1F)c1ccccc1NS(=O)(=O)c1ccc(Cl)cc1. The van der Waals surface area contributed by atoms with E-state index in [9.17, 15) is 22.0 Å². The van der Waals surface area contributed by atoms with Crippen LogP contribution in [0.3, 0.4) is 0 Å². The van der Waals surface area contributed by atoms with Crippen LogP contribution in [-0.4, -0.2) is 14.3 Å². The van der Waals surface area contributed by atoms with Crippen molar-refractivity contribution >= 4 is 38.9 Å². The molecule has 28 heavy (non-hydrogen) atoms. The minimum absolute atomic E-state index is 0.00234. The molecule has 0 saturated heterocycles. The lowest BCUT2D eigenvalue weighted by molar-refractivity contribution is 0.102. The zero-order chi connectivity index (χ0) is 20.3. The monoisotopic (exact) mass is 422 g/mol. The molecule has 0 aliphatic carbocycles. The van der Waals surface area contributed by atoms with Crippen molar-refractivity contribution in [1.29, 1.82) is 0 Å². The third kappa shape index (κ3) is 4.47. The zero-order valence-corrected chi connectivity index (χ0v) is 15.7. The molecule has 0 atom stereocenters. The van der Waals surface area contributed by atoms with Gasteiger partial charge < -0.3 is 5.32 Å². The number of halogens is 3. The molecule has 0 unspecified atom stereocenters. The second kappa shape index (κ2) is 7.95. The van der Waals surface area contributed by atoms with Gasteiger partial charge in [-0.15, -0.1) is 0 Å². The van der Waals surface area contributed by atoms with Gasteiger partial charge in [0.05, 0.1) is 21.8 Å². The van der Waals surface area contributed by atoms with Gasteiger partial charge in [-0.1, -0.05) is 23.7 Å². The van der Waals surface area contributed by atoms with Gasteiger partial charge >= 0.3 is 0 Å². The van der Waals surface area contributed by atoms with Gasteiger partial charge in [-0.05, 0) is 48.5 Å². The van der Waals surface area contributed by atoms with Gasteiger partial charge in [-0.2, -0.15) is 0 Å². The molecule has 9 heteroatoms. The van der Waals surface area contributed by atoms with Crippen LogP contribution in [0.4, 0.5) is 20.2 Å². The standard InChI is InChI=1S/C19H13ClF2N2O3S/c20-12-5-8-14(9-6-12)28(26,27)24-17-4-2-1-3-15(17)19(25)23-18-10-7-13(21)11-16(18)22/h1-11,24H,(H,23,25). The summed E-state index contributed by atoms with van der Waals surface area (Å²) in [7, 11) is -3.99. The molecule has 3 aromatic rings. The number of carbonyl (C=O) groups is 1. The fraction of sp³-hybridized carbons (Fsp3) is 0. The molecular weight excluding hydrogens is 410 g/mol. The Kier molecular flexibility index (Phi) is 5.62. The molecule has 1 amide bonds. The summed E-state index contributed by atoms with van der Waals surface area (Å²) >= 11 is 5.77. The topological polar surface area (TPSA) is 75.3 Å². The van der Waals surface area contributed by atoms with Crippen molar-refractivity contribution in [2.75, 3.05) is 10.0 Å². The Bertz CT molecular complexity index is 1140. The van der Waals surface area contributed by atoms with Crippen molar-refractivity contribution in [2.24, 2.45) is 0 Å². The van der Waals surface area contributed by atoms with Crippen molar-refractivity contribution in [2.45, 2.75) is 4.90 Å². The summed E-state index contributed by atoms with van der Waals surface area (Å²) in [6.45, 7) is 0. The van der Waals surface area contributed by atoms with Crippen LogP contribution in [0.2, 0.25) is 5.02 Å². The Hall–Kier alpha value is -2.97. The number of carbonyl (C=O) groups excluding carboxylic acids is 1. The highest BCUT2D eigenvalue weighted by molar-refractivity contribution is 7.92. The molecule has 2 N–H and O–H groups in total. The van der Waals surface area contributed by atoms with Crippen molar-refractivity contribution in [3.8, 4) is 0 Å². The van der Waals surface area contributed by atoms with Crippen LogP contribution in [0, 0.1) is 11.6 Å². The molecule has 0 bridgehead atoms. The molecule has 5 nitrogen and oxygen atoms in total. The van der Waals surface area contributed by atoms with Crippen LogP contribution in [0.15, 0.2) is 71.6 Å². The Labute approximate surface area is 165 Å². The first-order valence-electron chi connectivity index (χ1n) is 7.90. The van der Waals surface area contributed by atoms with E-state index in [0.29, 0.717) is 11.1 Å². The van der Waals surface area contributed by atoms with Crippen molar-refractivity contribution in [3.05, 3.63) is 89.0 Å². The molecule has 0 aliphatic rings. The van der Waals surface area contributed by atoms with E-state index >= 15 is 0 Å². The van der Waals surface area contributed by atoms with Crippen molar-refractivity contribution in [1.82, 2.24) is 0 Å². The van der Waals surface area contributed by atoms with Crippen molar-refractivity contribution < 1.29 is 22.0 Å². The number of sulfonamides is 1. The smallest absolute Gasteiger partial charge is 0.261 e. The summed E-state index contributed by atoms with van der Waals surface area (Å²) in [5.74, 6) is -2.50. The summed E-state index contributed by atoms with van der Waals surface area (Å²) in [6, 6.07) is 14.0. The molecule has 144 valence electrons. The van der Waals surface area contributed by atoms with E-state index in [2.05, 4.69) is 10.0 Å². The lowest BCUT2D eigenvalue weighted by Gasteiger charge is -2.13. The maximum absolute atomic E-state index is 13.8. The number of benzene rings is 3. The maximum atomic E-state index is 13.8. The highest BCUT2D eigenvalue weighted by Crippen LogP contribution is 2.23. The van der Waals surface area contributed by atoms with E-state index in [1.807, 2.05) is 0 Å². The predicted octanol–water partition coefficient (Wildman–Crippen LogP) is 4.67. The first-order chi connectivity index (χ1) is 13.3. The number of rotatable bonds is 5. The third-order valence-corrected chi connectivity index (χ3v) is 5.35. The van der Waals surface area contributed by atoms with Crippen molar-refractivity contribution in [3.63, 3.8) is 0 Å². The van der Waals surface area contributed by atoms with E-state index in [0.717, 1.165) is 12.1 Å². The van der Waals surface area contributed by atoms with Crippen LogP contribution in [0.25, 0.3) is 0 Å². The number of anilines is 2. The Morgan fingerprint density at radius 3 is 2.25 bits per heavy atom. The summed E-state index contributed by atoms with van der Waals surface area (Å²) in [4.78, 5) is 12.5. The predicted molar refractivity (Wildman–Crippen MR) is 103 cm³/mol. The Morgan fingerprint density at radius 1 is 0.893 bits per heavy atom. The third-order valence-electron chi connectivity index (χ3n) is 3.72. The quantitative estimate of drug-likeness (QED) is 0.627. The minimum Gasteiger partial charge on any atom is -0.319 e. The number of nitrogens with one attached hydrogen (secondary N) is 2. The lowest BCUT2D eigenvalue weighted by atomic mass is 10.1. The number of amides is 1. The van der Waals surface area contributed by atoms with Crippen LogP contribution in [-0.2, 0) is 10.0 Å². The van der Waals surface area contributed by atoms with E-state index in [1.165, 1.54) is 48.5 Å². The van der Waals surface area contributed by atoms with Gasteiger partial charge in [0.25, 0.3) is 15.9 Å². The maximum Gasteiger partial charge on any atom is 0.261 e. The molecule has 0 spiro atoms. The highest BCUT2D eigenvalue weighted by atomic mass is 35.5. The van der Waals surface area contributed by atoms with E-state index in [1.54, 1.807) is 0 Å². The molecular formula is C19H13ClF2N2O3S. The van der Waals surface area contributed by atoms with E-state index in [4.69, 9.17) is 11.6 Å². The first-order valence-corrected chi connectivity index (χ1v) is 9.76. The van der Waals surface area contributed by atoms with Crippen LogP contribution >= 0.6 is 11.6 Å². The Morgan fingerprint density at radius 2 is 1.57 bits per heavy atom. The van der Waals surface area contributed by atoms with Crippen LogP contribution in [0.1, 0.15) is 10.4 Å². The number of hydrogen-bond donors (Lipinski definition) is 2. The summed E-state index contributed by atoms with van der Waals surface area (Å²) < 4.78 is 54.2. The average molecular weight is 423 g/mol. The second-order valence-corrected chi connectivity index (χ2v) is 7.80. The fourth-order valence-electron chi connectivity index (χ4n) is 2.37. The van der Waals surface area contributed by atoms with Crippen LogP contribution in [0.5, 0.6) is 0 Å². The average Bonchev–Trinajstić information content (AvgIpc) is 2.64. The molecule has 0 aliphatic heterocycles. The number of para-hydroxylation sites is 1. The van der Waals surface area contributed by atoms with E-state index in [-0.39, 0.29) is 21.8 Å². The normalized spacial score (nSPS) is 11.1. The number of hydrogen-bond acceptors (Lipinski definition) is 3. The molecule has 0 heterocycles. The van der Waals surface area contributed by atoms with Gasteiger partial charge in [-0.3, -0.25) is 9.52 Å². The molecule has 3 rings (SSSR count). The fourth-order valence-corrected chi connectivity index (χ4v) is 3.57. The van der Waals surface area contributed by atoms with Crippen LogP contribution < -0.4 is 10.0 Å². The van der Waals surface area contributed by atoms with Gasteiger partial charge in [-0.25, -0.2) is 17.2 Å². The molecule has 0 radical (unpaired) electrons. The molecule has 3 aromatic carbocycles. The second-order valence-electron chi connectivity index (χ2n) is 5.68. The summed E-state index contributed by atoms with van der Waals surface area (Å²) in [5, 5.41) is 2.67. The summed E-state index contributed by atoms with van der Waals surface area (Å²) in [6.07, 6.45) is 0. The Balaban J connectivity index is 1.88. The first kappa shape index (κ1) is 19.8. The summed E-state index contributed by atoms with van der Waals surface area (Å²) in [5.41, 5.74) is -0.275. The van der Waals surface area contributed by atoms with Gasteiger partial charge in [0, 0.05) is 11.1 Å². The molecule has 0 aromatic heterocycles. The van der Waals surface area contributed by atoms with E-state index < -0.39 is 27.6 Å². The highest BCUT2D eigenvalue weighted by Gasteiger charge is 2.19. The molecule has 0 saturated carbocycles. The minimum atomic E-state index is -3.99. The zero-order valence-electron chi connectivity index (χ0n) is 14.1. The molecule has 0 fully saturated rings. The lowest BCUT2D eigenvalue weighted by Crippen LogP contribution is -2.19. The van der Waals surface area contributed by atoms with Gasteiger partial charge in [0.15, 0.2) is 0 Å². The van der Waals surface area contributed by atoms with Gasteiger partial charge in [0.1, 0.15) is 11.6 Å². The van der Waals surface area contributed by atoms with Gasteiger partial charge in [0.2, 0.25) is 0 Å².